The second kappa shape index (κ2) is 7.30. The Bertz CT molecular complexity index is 452. The first-order valence-corrected chi connectivity index (χ1v) is 5.55. The highest BCUT2D eigenvalue weighted by molar-refractivity contribution is 5.69. The Kier molecular flexibility index (Phi) is 5.68. The molecule has 0 aliphatic rings. The second-order valence-electron chi connectivity index (χ2n) is 3.65. The van der Waals surface area contributed by atoms with E-state index in [1.54, 1.807) is 6.07 Å². The first-order chi connectivity index (χ1) is 8.71. The molecule has 1 aromatic carbocycles. The number of hydrogen-bond acceptors (Lipinski definition) is 5. The average molecular weight is 248 g/mol. The summed E-state index contributed by atoms with van der Waals surface area (Å²) >= 11 is 0. The number of benzene rings is 1. The van der Waals surface area contributed by atoms with Crippen LogP contribution in [0.3, 0.4) is 0 Å². The van der Waals surface area contributed by atoms with Crippen molar-refractivity contribution in [1.29, 1.82) is 5.26 Å². The maximum absolute atomic E-state index is 10.9. The molecule has 1 rings (SSSR count). The predicted octanol–water partition coefficient (Wildman–Crippen LogP) is 1.22. The summed E-state index contributed by atoms with van der Waals surface area (Å²) < 4.78 is 9.65. The number of ether oxygens (including phenoxy) is 2. The van der Waals surface area contributed by atoms with Crippen molar-refractivity contribution in [2.45, 2.75) is 13.0 Å². The van der Waals surface area contributed by atoms with Crippen LogP contribution in [0.1, 0.15) is 17.5 Å². The molecule has 0 aliphatic heterocycles. The van der Waals surface area contributed by atoms with Gasteiger partial charge in [0.15, 0.2) is 0 Å². The third-order valence-corrected chi connectivity index (χ3v) is 2.45. The SMILES string of the molecule is COC(=O)CCNCc1ccc(C#N)c(OC)c1. The molecule has 0 saturated carbocycles. The third-order valence-electron chi connectivity index (χ3n) is 2.45. The van der Waals surface area contributed by atoms with Crippen LogP contribution in [0.25, 0.3) is 0 Å². The lowest BCUT2D eigenvalue weighted by atomic mass is 10.1. The molecule has 96 valence electrons. The van der Waals surface area contributed by atoms with Crippen LogP contribution in [0.5, 0.6) is 5.75 Å². The second-order valence-corrected chi connectivity index (χ2v) is 3.65. The fourth-order valence-corrected chi connectivity index (χ4v) is 1.46. The molecule has 0 aliphatic carbocycles. The molecule has 5 nitrogen and oxygen atoms in total. The molecule has 0 radical (unpaired) electrons. The zero-order valence-corrected chi connectivity index (χ0v) is 10.5. The van der Waals surface area contributed by atoms with Crippen molar-refractivity contribution in [3.63, 3.8) is 0 Å². The molecular weight excluding hydrogens is 232 g/mol. The van der Waals surface area contributed by atoms with Gasteiger partial charge in [-0.3, -0.25) is 4.79 Å². The zero-order chi connectivity index (χ0) is 13.4. The monoisotopic (exact) mass is 248 g/mol. The number of esters is 1. The molecule has 0 spiro atoms. The fourth-order valence-electron chi connectivity index (χ4n) is 1.46. The number of hydrogen-bond donors (Lipinski definition) is 1. The lowest BCUT2D eigenvalue weighted by Gasteiger charge is -2.07. The van der Waals surface area contributed by atoms with Gasteiger partial charge in [0, 0.05) is 13.1 Å². The van der Waals surface area contributed by atoms with Gasteiger partial charge in [-0.25, -0.2) is 0 Å². The summed E-state index contributed by atoms with van der Waals surface area (Å²) in [5, 5.41) is 12.0. The van der Waals surface area contributed by atoms with Crippen LogP contribution in [-0.2, 0) is 16.1 Å². The highest BCUT2D eigenvalue weighted by Crippen LogP contribution is 2.18. The number of rotatable bonds is 6. The quantitative estimate of drug-likeness (QED) is 0.605. The van der Waals surface area contributed by atoms with Crippen molar-refractivity contribution in [3.05, 3.63) is 29.3 Å². The Morgan fingerprint density at radius 3 is 2.83 bits per heavy atom. The summed E-state index contributed by atoms with van der Waals surface area (Å²) in [5.74, 6) is 0.324. The van der Waals surface area contributed by atoms with Gasteiger partial charge >= 0.3 is 5.97 Å². The minimum atomic E-state index is -0.236. The zero-order valence-electron chi connectivity index (χ0n) is 10.5. The molecule has 5 heteroatoms. The van der Waals surface area contributed by atoms with Crippen molar-refractivity contribution in [2.24, 2.45) is 0 Å². The van der Waals surface area contributed by atoms with Crippen LogP contribution in [0.4, 0.5) is 0 Å². The molecule has 0 fully saturated rings. The van der Waals surface area contributed by atoms with Crippen LogP contribution in [0, 0.1) is 11.3 Å². The Balaban J connectivity index is 2.48. The Morgan fingerprint density at radius 2 is 2.22 bits per heavy atom. The van der Waals surface area contributed by atoms with Crippen molar-refractivity contribution >= 4 is 5.97 Å². The maximum atomic E-state index is 10.9. The number of nitrogens with zero attached hydrogens (tertiary/aromatic N) is 1. The predicted molar refractivity (Wildman–Crippen MR) is 66.0 cm³/mol. The summed E-state index contributed by atoms with van der Waals surface area (Å²) in [7, 11) is 2.90. The molecule has 0 amide bonds. The van der Waals surface area contributed by atoms with E-state index in [1.165, 1.54) is 14.2 Å². The van der Waals surface area contributed by atoms with E-state index in [0.717, 1.165) is 5.56 Å². The third kappa shape index (κ3) is 4.07. The van der Waals surface area contributed by atoms with Crippen molar-refractivity contribution in [3.8, 4) is 11.8 Å². The van der Waals surface area contributed by atoms with Crippen molar-refractivity contribution < 1.29 is 14.3 Å². The maximum Gasteiger partial charge on any atom is 0.306 e. The van der Waals surface area contributed by atoms with E-state index in [1.807, 2.05) is 12.1 Å². The Hall–Kier alpha value is -2.06. The summed E-state index contributed by atoms with van der Waals surface area (Å²) in [6.07, 6.45) is 0.337. The molecular formula is C13H16N2O3. The van der Waals surface area contributed by atoms with Gasteiger partial charge in [0.1, 0.15) is 11.8 Å². The van der Waals surface area contributed by atoms with E-state index < -0.39 is 0 Å². The lowest BCUT2D eigenvalue weighted by molar-refractivity contribution is -0.140. The number of carbonyl (C=O) groups is 1. The van der Waals surface area contributed by atoms with E-state index in [-0.39, 0.29) is 5.97 Å². The van der Waals surface area contributed by atoms with Crippen LogP contribution < -0.4 is 10.1 Å². The van der Waals surface area contributed by atoms with Crippen molar-refractivity contribution in [1.82, 2.24) is 5.32 Å². The van der Waals surface area contributed by atoms with Gasteiger partial charge in [-0.05, 0) is 17.7 Å². The molecule has 18 heavy (non-hydrogen) atoms. The minimum absolute atomic E-state index is 0.236. The largest absolute Gasteiger partial charge is 0.495 e. The smallest absolute Gasteiger partial charge is 0.306 e. The number of nitriles is 1. The Morgan fingerprint density at radius 1 is 1.44 bits per heavy atom. The normalized spacial score (nSPS) is 9.61. The van der Waals surface area contributed by atoms with Crippen LogP contribution in [-0.4, -0.2) is 26.7 Å². The molecule has 0 unspecified atom stereocenters. The standard InChI is InChI=1S/C13H16N2O3/c1-17-12-7-10(3-4-11(12)8-14)9-15-6-5-13(16)18-2/h3-4,7,15H,5-6,9H2,1-2H3. The summed E-state index contributed by atoms with van der Waals surface area (Å²) in [4.78, 5) is 10.9. The topological polar surface area (TPSA) is 71.3 Å². The highest BCUT2D eigenvalue weighted by Gasteiger charge is 2.04. The molecule has 0 heterocycles. The van der Waals surface area contributed by atoms with Crippen LogP contribution in [0.2, 0.25) is 0 Å². The van der Waals surface area contributed by atoms with Crippen molar-refractivity contribution in [2.75, 3.05) is 20.8 Å². The lowest BCUT2D eigenvalue weighted by Crippen LogP contribution is -2.18. The molecule has 0 aromatic heterocycles. The molecule has 0 saturated heterocycles. The van der Waals surface area contributed by atoms with Gasteiger partial charge in [0.2, 0.25) is 0 Å². The average Bonchev–Trinajstić information content (AvgIpc) is 2.42. The van der Waals surface area contributed by atoms with Gasteiger partial charge in [0.05, 0.1) is 26.2 Å². The van der Waals surface area contributed by atoms with E-state index in [4.69, 9.17) is 10.00 Å². The molecule has 0 bridgehead atoms. The van der Waals surface area contributed by atoms with E-state index in [2.05, 4.69) is 16.1 Å². The Labute approximate surface area is 106 Å². The van der Waals surface area contributed by atoms with E-state index >= 15 is 0 Å². The highest BCUT2D eigenvalue weighted by atomic mass is 16.5. The fraction of sp³-hybridized carbons (Fsp3) is 0.385. The van der Waals surface area contributed by atoms with Gasteiger partial charge in [-0.1, -0.05) is 6.07 Å². The summed E-state index contributed by atoms with van der Waals surface area (Å²) in [6, 6.07) is 7.44. The molecule has 1 N–H and O–H groups in total. The first-order valence-electron chi connectivity index (χ1n) is 5.55. The van der Waals surface area contributed by atoms with Gasteiger partial charge in [-0.15, -0.1) is 0 Å². The molecule has 1 aromatic rings. The van der Waals surface area contributed by atoms with Crippen LogP contribution >= 0.6 is 0 Å². The summed E-state index contributed by atoms with van der Waals surface area (Å²) in [6.45, 7) is 1.16. The minimum Gasteiger partial charge on any atom is -0.495 e. The molecule has 0 atom stereocenters. The van der Waals surface area contributed by atoms with E-state index in [9.17, 15) is 4.79 Å². The van der Waals surface area contributed by atoms with E-state index in [0.29, 0.717) is 30.8 Å². The first kappa shape index (κ1) is 14.0. The van der Waals surface area contributed by atoms with Gasteiger partial charge < -0.3 is 14.8 Å². The summed E-state index contributed by atoms with van der Waals surface area (Å²) in [5.41, 5.74) is 1.51. The van der Waals surface area contributed by atoms with Crippen LogP contribution in [0.15, 0.2) is 18.2 Å². The van der Waals surface area contributed by atoms with Gasteiger partial charge in [-0.2, -0.15) is 5.26 Å². The number of nitrogens with one attached hydrogen (secondary N) is 1. The number of methoxy groups -OCH3 is 2. The van der Waals surface area contributed by atoms with Gasteiger partial charge in [0.25, 0.3) is 0 Å². The number of carbonyl (C=O) groups excluding carboxylic acids is 1.